The SMILES string of the molecule is CN1CCN(Cc2ccc(-c3ccccc3[N+](=O)[O-])o2)CC1. The van der Waals surface area contributed by atoms with Gasteiger partial charge in [0.25, 0.3) is 5.69 Å². The fourth-order valence-corrected chi connectivity index (χ4v) is 2.68. The summed E-state index contributed by atoms with van der Waals surface area (Å²) in [6, 6.07) is 10.4. The van der Waals surface area contributed by atoms with Crippen LogP contribution in [0.15, 0.2) is 40.8 Å². The van der Waals surface area contributed by atoms with E-state index in [1.807, 2.05) is 12.1 Å². The third-order valence-electron chi connectivity index (χ3n) is 4.00. The minimum atomic E-state index is -0.377. The van der Waals surface area contributed by atoms with Crippen LogP contribution in [0.3, 0.4) is 0 Å². The molecule has 0 aliphatic carbocycles. The van der Waals surface area contributed by atoms with E-state index in [9.17, 15) is 10.1 Å². The zero-order valence-electron chi connectivity index (χ0n) is 12.6. The van der Waals surface area contributed by atoms with Crippen LogP contribution in [-0.4, -0.2) is 47.9 Å². The molecule has 0 atom stereocenters. The highest BCUT2D eigenvalue weighted by molar-refractivity contribution is 5.69. The molecule has 1 saturated heterocycles. The molecule has 22 heavy (non-hydrogen) atoms. The Bertz CT molecular complexity index is 660. The molecule has 3 rings (SSSR count). The van der Waals surface area contributed by atoms with Crippen molar-refractivity contribution in [2.24, 2.45) is 0 Å². The first-order valence-corrected chi connectivity index (χ1v) is 7.37. The van der Waals surface area contributed by atoms with Crippen molar-refractivity contribution in [3.05, 3.63) is 52.3 Å². The third-order valence-corrected chi connectivity index (χ3v) is 4.00. The Morgan fingerprint density at radius 1 is 1.14 bits per heavy atom. The average Bonchev–Trinajstić information content (AvgIpc) is 2.98. The van der Waals surface area contributed by atoms with Crippen LogP contribution in [0, 0.1) is 10.1 Å². The highest BCUT2D eigenvalue weighted by Gasteiger charge is 2.19. The standard InChI is InChI=1S/C16H19N3O3/c1-17-8-10-18(11-9-17)12-13-6-7-16(22-13)14-4-2-3-5-15(14)19(20)21/h2-7H,8-12H2,1H3. The summed E-state index contributed by atoms with van der Waals surface area (Å²) in [5.74, 6) is 1.40. The number of nitrogens with zero attached hydrogens (tertiary/aromatic N) is 3. The van der Waals surface area contributed by atoms with Gasteiger partial charge >= 0.3 is 0 Å². The van der Waals surface area contributed by atoms with Crippen LogP contribution < -0.4 is 0 Å². The molecule has 0 amide bonds. The van der Waals surface area contributed by atoms with E-state index in [4.69, 9.17) is 4.42 Å². The highest BCUT2D eigenvalue weighted by Crippen LogP contribution is 2.31. The molecule has 1 aliphatic heterocycles. The Hall–Kier alpha value is -2.18. The van der Waals surface area contributed by atoms with Crippen molar-refractivity contribution in [3.8, 4) is 11.3 Å². The van der Waals surface area contributed by atoms with E-state index in [1.165, 1.54) is 6.07 Å². The number of likely N-dealkylation sites (N-methyl/N-ethyl adjacent to an activating group) is 1. The molecule has 0 radical (unpaired) electrons. The predicted molar refractivity (Wildman–Crippen MR) is 83.6 cm³/mol. The molecule has 2 aromatic rings. The van der Waals surface area contributed by atoms with Crippen LogP contribution in [0.4, 0.5) is 5.69 Å². The summed E-state index contributed by atoms with van der Waals surface area (Å²) in [4.78, 5) is 15.4. The van der Waals surface area contributed by atoms with Crippen molar-refractivity contribution in [3.63, 3.8) is 0 Å². The van der Waals surface area contributed by atoms with Crippen molar-refractivity contribution < 1.29 is 9.34 Å². The number of piperazine rings is 1. The quantitative estimate of drug-likeness (QED) is 0.641. The topological polar surface area (TPSA) is 62.8 Å². The Morgan fingerprint density at radius 3 is 2.59 bits per heavy atom. The second-order valence-corrected chi connectivity index (χ2v) is 5.62. The minimum Gasteiger partial charge on any atom is -0.459 e. The van der Waals surface area contributed by atoms with Gasteiger partial charge in [-0.3, -0.25) is 15.0 Å². The van der Waals surface area contributed by atoms with Gasteiger partial charge in [0, 0.05) is 32.2 Å². The van der Waals surface area contributed by atoms with E-state index >= 15 is 0 Å². The smallest absolute Gasteiger partial charge is 0.280 e. The van der Waals surface area contributed by atoms with Crippen LogP contribution in [-0.2, 0) is 6.54 Å². The van der Waals surface area contributed by atoms with Gasteiger partial charge in [0.05, 0.1) is 17.0 Å². The fraction of sp³-hybridized carbons (Fsp3) is 0.375. The molecule has 0 unspecified atom stereocenters. The van der Waals surface area contributed by atoms with Gasteiger partial charge in [-0.1, -0.05) is 12.1 Å². The van der Waals surface area contributed by atoms with E-state index in [1.54, 1.807) is 18.2 Å². The summed E-state index contributed by atoms with van der Waals surface area (Å²) in [6.45, 7) is 4.87. The third kappa shape index (κ3) is 3.18. The van der Waals surface area contributed by atoms with Crippen molar-refractivity contribution >= 4 is 5.69 Å². The number of benzene rings is 1. The van der Waals surface area contributed by atoms with Crippen molar-refractivity contribution in [2.45, 2.75) is 6.54 Å². The van der Waals surface area contributed by atoms with Crippen molar-refractivity contribution in [1.82, 2.24) is 9.80 Å². The molecule has 1 aromatic carbocycles. The maximum Gasteiger partial charge on any atom is 0.280 e. The molecule has 1 aromatic heterocycles. The Balaban J connectivity index is 1.75. The number of para-hydroxylation sites is 1. The summed E-state index contributed by atoms with van der Waals surface area (Å²) >= 11 is 0. The molecule has 2 heterocycles. The van der Waals surface area contributed by atoms with Crippen molar-refractivity contribution in [1.29, 1.82) is 0 Å². The number of rotatable bonds is 4. The first-order chi connectivity index (χ1) is 10.6. The van der Waals surface area contributed by atoms with Crippen molar-refractivity contribution in [2.75, 3.05) is 33.2 Å². The van der Waals surface area contributed by atoms with Crippen LogP contribution >= 0.6 is 0 Å². The number of hydrogen-bond donors (Lipinski definition) is 0. The molecule has 0 bridgehead atoms. The Kier molecular flexibility index (Phi) is 4.22. The first kappa shape index (κ1) is 14.7. The fourth-order valence-electron chi connectivity index (χ4n) is 2.68. The first-order valence-electron chi connectivity index (χ1n) is 7.37. The van der Waals surface area contributed by atoms with Crippen LogP contribution in [0.1, 0.15) is 5.76 Å². The molecule has 116 valence electrons. The molecular weight excluding hydrogens is 282 g/mol. The number of nitro benzene ring substituents is 1. The minimum absolute atomic E-state index is 0.0722. The van der Waals surface area contributed by atoms with Crippen LogP contribution in [0.2, 0.25) is 0 Å². The Labute approximate surface area is 129 Å². The normalized spacial score (nSPS) is 16.8. The summed E-state index contributed by atoms with van der Waals surface area (Å²) < 4.78 is 5.83. The average molecular weight is 301 g/mol. The summed E-state index contributed by atoms with van der Waals surface area (Å²) in [5.41, 5.74) is 0.597. The molecule has 0 N–H and O–H groups in total. The largest absolute Gasteiger partial charge is 0.459 e. The highest BCUT2D eigenvalue weighted by atomic mass is 16.6. The monoisotopic (exact) mass is 301 g/mol. The molecular formula is C16H19N3O3. The van der Waals surface area contributed by atoms with E-state index < -0.39 is 0 Å². The van der Waals surface area contributed by atoms with Gasteiger partial charge in [-0.25, -0.2) is 0 Å². The molecule has 6 nitrogen and oxygen atoms in total. The summed E-state index contributed by atoms with van der Waals surface area (Å²) in [5, 5.41) is 11.1. The lowest BCUT2D eigenvalue weighted by Gasteiger charge is -2.31. The van der Waals surface area contributed by atoms with Gasteiger partial charge in [0.2, 0.25) is 0 Å². The van der Waals surface area contributed by atoms with Gasteiger partial charge in [-0.2, -0.15) is 0 Å². The maximum atomic E-state index is 11.1. The number of nitro groups is 1. The Morgan fingerprint density at radius 2 is 1.86 bits per heavy atom. The summed E-state index contributed by atoms with van der Waals surface area (Å²) in [7, 11) is 2.12. The molecule has 0 spiro atoms. The number of hydrogen-bond acceptors (Lipinski definition) is 5. The van der Waals surface area contributed by atoms with E-state index in [2.05, 4.69) is 16.8 Å². The maximum absolute atomic E-state index is 11.1. The number of furan rings is 1. The zero-order valence-corrected chi connectivity index (χ0v) is 12.6. The lowest BCUT2D eigenvalue weighted by molar-refractivity contribution is -0.384. The van der Waals surface area contributed by atoms with Gasteiger partial charge in [-0.15, -0.1) is 0 Å². The second kappa shape index (κ2) is 6.29. The van der Waals surface area contributed by atoms with Gasteiger partial charge in [-0.05, 0) is 25.2 Å². The van der Waals surface area contributed by atoms with Gasteiger partial charge in [0.1, 0.15) is 11.5 Å². The second-order valence-electron chi connectivity index (χ2n) is 5.62. The van der Waals surface area contributed by atoms with Gasteiger partial charge in [0.15, 0.2) is 0 Å². The lowest BCUT2D eigenvalue weighted by Crippen LogP contribution is -2.43. The van der Waals surface area contributed by atoms with E-state index in [0.29, 0.717) is 11.3 Å². The van der Waals surface area contributed by atoms with E-state index in [0.717, 1.165) is 38.5 Å². The molecule has 1 fully saturated rings. The summed E-state index contributed by atoms with van der Waals surface area (Å²) in [6.07, 6.45) is 0. The molecule has 1 aliphatic rings. The predicted octanol–water partition coefficient (Wildman–Crippen LogP) is 2.60. The molecule has 6 heteroatoms. The van der Waals surface area contributed by atoms with E-state index in [-0.39, 0.29) is 10.6 Å². The van der Waals surface area contributed by atoms with Crippen LogP contribution in [0.25, 0.3) is 11.3 Å². The van der Waals surface area contributed by atoms with Crippen LogP contribution in [0.5, 0.6) is 0 Å². The lowest BCUT2D eigenvalue weighted by atomic mass is 10.1. The molecule has 0 saturated carbocycles. The zero-order chi connectivity index (χ0) is 15.5. The van der Waals surface area contributed by atoms with Gasteiger partial charge < -0.3 is 9.32 Å².